The molecule has 1 atom stereocenters. The number of nitrogen functional groups attached to an aromatic ring is 1. The fourth-order valence-corrected chi connectivity index (χ4v) is 1.41. The molecule has 1 aromatic rings. The third-order valence-corrected chi connectivity index (χ3v) is 2.25. The van der Waals surface area contributed by atoms with Crippen LogP contribution in [0.2, 0.25) is 0 Å². The Kier molecular flexibility index (Phi) is 5.28. The van der Waals surface area contributed by atoms with Gasteiger partial charge >= 0.3 is 0 Å². The van der Waals surface area contributed by atoms with Gasteiger partial charge in [-0.3, -0.25) is 10.1 Å². The monoisotopic (exact) mass is 255 g/mol. The van der Waals surface area contributed by atoms with Crippen LogP contribution in [0.15, 0.2) is 12.1 Å². The molecule has 0 saturated carbocycles. The van der Waals surface area contributed by atoms with Crippen molar-refractivity contribution in [2.45, 2.75) is 6.92 Å². The summed E-state index contributed by atoms with van der Waals surface area (Å²) in [4.78, 5) is 14.3. The standard InChI is InChI=1S/C10H17N5O3/c1-7(6-18-2)5-12-9-3-8(15(16)17)4-10(13-9)14-11/h3-4,7H,5-6,11H2,1-2H3,(H2,12,13,14). The molecule has 18 heavy (non-hydrogen) atoms. The van der Waals surface area contributed by atoms with Gasteiger partial charge in [-0.2, -0.15) is 0 Å². The molecule has 0 radical (unpaired) electrons. The molecule has 100 valence electrons. The van der Waals surface area contributed by atoms with E-state index in [-0.39, 0.29) is 17.4 Å². The molecular weight excluding hydrogens is 238 g/mol. The molecule has 8 nitrogen and oxygen atoms in total. The highest BCUT2D eigenvalue weighted by atomic mass is 16.6. The van der Waals surface area contributed by atoms with Crippen LogP contribution in [-0.4, -0.2) is 30.2 Å². The summed E-state index contributed by atoms with van der Waals surface area (Å²) >= 11 is 0. The van der Waals surface area contributed by atoms with E-state index in [1.807, 2.05) is 6.92 Å². The maximum Gasteiger partial charge on any atom is 0.276 e. The minimum atomic E-state index is -0.494. The van der Waals surface area contributed by atoms with Crippen molar-refractivity contribution in [1.29, 1.82) is 0 Å². The summed E-state index contributed by atoms with van der Waals surface area (Å²) < 4.78 is 5.00. The number of aromatic nitrogens is 1. The predicted molar refractivity (Wildman–Crippen MR) is 68.2 cm³/mol. The molecule has 0 amide bonds. The normalized spacial score (nSPS) is 11.9. The average molecular weight is 255 g/mol. The van der Waals surface area contributed by atoms with Crippen LogP contribution >= 0.6 is 0 Å². The minimum absolute atomic E-state index is 0.0696. The van der Waals surface area contributed by atoms with Gasteiger partial charge in [0.2, 0.25) is 0 Å². The summed E-state index contributed by atoms with van der Waals surface area (Å²) in [6.45, 7) is 3.20. The van der Waals surface area contributed by atoms with E-state index in [2.05, 4.69) is 15.7 Å². The number of pyridine rings is 1. The lowest BCUT2D eigenvalue weighted by molar-refractivity contribution is -0.384. The van der Waals surface area contributed by atoms with Crippen molar-refractivity contribution in [2.24, 2.45) is 11.8 Å². The first-order chi connectivity index (χ1) is 8.56. The van der Waals surface area contributed by atoms with E-state index in [4.69, 9.17) is 10.6 Å². The number of ether oxygens (including phenoxy) is 1. The number of nitro groups is 1. The summed E-state index contributed by atoms with van der Waals surface area (Å²) in [6, 6.07) is 2.63. The second kappa shape index (κ2) is 6.72. The second-order valence-electron chi connectivity index (χ2n) is 3.94. The quantitative estimate of drug-likeness (QED) is 0.377. The minimum Gasteiger partial charge on any atom is -0.384 e. The van der Waals surface area contributed by atoms with E-state index >= 15 is 0 Å². The lowest BCUT2D eigenvalue weighted by Gasteiger charge is -2.12. The Bertz CT molecular complexity index is 412. The van der Waals surface area contributed by atoms with Gasteiger partial charge in [0.1, 0.15) is 11.6 Å². The van der Waals surface area contributed by atoms with Gasteiger partial charge in [-0.25, -0.2) is 10.8 Å². The second-order valence-corrected chi connectivity index (χ2v) is 3.94. The summed E-state index contributed by atoms with van der Waals surface area (Å²) in [5, 5.41) is 13.7. The van der Waals surface area contributed by atoms with Gasteiger partial charge in [0.05, 0.1) is 23.7 Å². The summed E-state index contributed by atoms with van der Waals surface area (Å²) in [5.41, 5.74) is 2.23. The Balaban J connectivity index is 2.75. The molecule has 1 aromatic heterocycles. The van der Waals surface area contributed by atoms with E-state index in [0.29, 0.717) is 19.0 Å². The number of anilines is 2. The SMILES string of the molecule is COCC(C)CNc1cc([N+](=O)[O-])cc(NN)n1. The molecule has 0 aromatic carbocycles. The number of hydrogen-bond acceptors (Lipinski definition) is 7. The van der Waals surface area contributed by atoms with Gasteiger partial charge in [-0.05, 0) is 5.92 Å². The first-order valence-electron chi connectivity index (χ1n) is 5.42. The predicted octanol–water partition coefficient (Wildman–Crippen LogP) is 0.970. The van der Waals surface area contributed by atoms with Crippen LogP contribution in [0.1, 0.15) is 6.92 Å². The molecule has 0 saturated heterocycles. The van der Waals surface area contributed by atoms with Crippen molar-refractivity contribution in [3.8, 4) is 0 Å². The molecule has 8 heteroatoms. The Morgan fingerprint density at radius 1 is 1.56 bits per heavy atom. The lowest BCUT2D eigenvalue weighted by atomic mass is 10.2. The number of rotatable bonds is 7. The Hall–Kier alpha value is -1.93. The summed E-state index contributed by atoms with van der Waals surface area (Å²) in [6.07, 6.45) is 0. The molecule has 1 rings (SSSR count). The number of nitrogens with zero attached hydrogens (tertiary/aromatic N) is 2. The molecule has 0 fully saturated rings. The first kappa shape index (κ1) is 14.1. The van der Waals surface area contributed by atoms with Crippen molar-refractivity contribution in [3.05, 3.63) is 22.2 Å². The fourth-order valence-electron chi connectivity index (χ4n) is 1.41. The lowest BCUT2D eigenvalue weighted by Crippen LogP contribution is -2.17. The molecule has 0 spiro atoms. The van der Waals surface area contributed by atoms with E-state index < -0.39 is 4.92 Å². The van der Waals surface area contributed by atoms with Crippen LogP contribution in [0.25, 0.3) is 0 Å². The number of hydrogen-bond donors (Lipinski definition) is 3. The first-order valence-corrected chi connectivity index (χ1v) is 5.42. The van der Waals surface area contributed by atoms with Crippen LogP contribution in [0.4, 0.5) is 17.3 Å². The van der Waals surface area contributed by atoms with Crippen LogP contribution in [0.5, 0.6) is 0 Å². The smallest absolute Gasteiger partial charge is 0.276 e. The highest BCUT2D eigenvalue weighted by molar-refractivity contribution is 5.54. The van der Waals surface area contributed by atoms with Gasteiger partial charge in [0.15, 0.2) is 0 Å². The fraction of sp³-hybridized carbons (Fsp3) is 0.500. The number of hydrazine groups is 1. The van der Waals surface area contributed by atoms with E-state index in [9.17, 15) is 10.1 Å². The Labute approximate surface area is 105 Å². The van der Waals surface area contributed by atoms with Crippen molar-refractivity contribution in [2.75, 3.05) is 31.0 Å². The van der Waals surface area contributed by atoms with E-state index in [1.165, 1.54) is 12.1 Å². The number of methoxy groups -OCH3 is 1. The molecule has 1 heterocycles. The Morgan fingerprint density at radius 2 is 2.22 bits per heavy atom. The largest absolute Gasteiger partial charge is 0.384 e. The van der Waals surface area contributed by atoms with E-state index in [0.717, 1.165) is 0 Å². The van der Waals surface area contributed by atoms with Crippen LogP contribution in [-0.2, 0) is 4.74 Å². The van der Waals surface area contributed by atoms with Gasteiger partial charge in [0, 0.05) is 13.7 Å². The van der Waals surface area contributed by atoms with Gasteiger partial charge in [0.25, 0.3) is 5.69 Å². The van der Waals surface area contributed by atoms with Gasteiger partial charge in [-0.15, -0.1) is 0 Å². The third-order valence-electron chi connectivity index (χ3n) is 2.25. The molecule has 0 aliphatic carbocycles. The summed E-state index contributed by atoms with van der Waals surface area (Å²) in [7, 11) is 1.62. The van der Waals surface area contributed by atoms with E-state index in [1.54, 1.807) is 7.11 Å². The zero-order valence-corrected chi connectivity index (χ0v) is 10.3. The highest BCUT2D eigenvalue weighted by Gasteiger charge is 2.11. The highest BCUT2D eigenvalue weighted by Crippen LogP contribution is 2.20. The van der Waals surface area contributed by atoms with Crippen LogP contribution < -0.4 is 16.6 Å². The van der Waals surface area contributed by atoms with Crippen molar-refractivity contribution in [1.82, 2.24) is 4.98 Å². The molecule has 0 bridgehead atoms. The molecule has 4 N–H and O–H groups in total. The molecule has 0 aliphatic heterocycles. The zero-order valence-electron chi connectivity index (χ0n) is 10.3. The van der Waals surface area contributed by atoms with Crippen molar-refractivity contribution >= 4 is 17.3 Å². The van der Waals surface area contributed by atoms with Crippen molar-refractivity contribution in [3.63, 3.8) is 0 Å². The number of nitrogens with two attached hydrogens (primary N) is 1. The molecular formula is C10H17N5O3. The summed E-state index contributed by atoms with van der Waals surface area (Å²) in [5.74, 6) is 6.12. The molecule has 1 unspecified atom stereocenters. The maximum absolute atomic E-state index is 10.7. The maximum atomic E-state index is 10.7. The van der Waals surface area contributed by atoms with Crippen LogP contribution in [0.3, 0.4) is 0 Å². The third kappa shape index (κ3) is 4.15. The van der Waals surface area contributed by atoms with Gasteiger partial charge in [-0.1, -0.05) is 6.92 Å². The zero-order chi connectivity index (χ0) is 13.5. The Morgan fingerprint density at radius 3 is 2.78 bits per heavy atom. The van der Waals surface area contributed by atoms with Gasteiger partial charge < -0.3 is 15.5 Å². The topological polar surface area (TPSA) is 115 Å². The average Bonchev–Trinajstić information content (AvgIpc) is 2.36. The number of nitrogens with one attached hydrogen (secondary N) is 2. The van der Waals surface area contributed by atoms with Crippen molar-refractivity contribution < 1.29 is 9.66 Å². The van der Waals surface area contributed by atoms with Crippen LogP contribution in [0, 0.1) is 16.0 Å². The molecule has 0 aliphatic rings.